The third kappa shape index (κ3) is 4.18. The lowest BCUT2D eigenvalue weighted by atomic mass is 9.80. The Morgan fingerprint density at radius 1 is 1.29 bits per heavy atom. The van der Waals surface area contributed by atoms with Crippen LogP contribution in [0.25, 0.3) is 0 Å². The zero-order valence-electron chi connectivity index (χ0n) is 13.7. The van der Waals surface area contributed by atoms with Gasteiger partial charge in [0, 0.05) is 19.8 Å². The minimum absolute atomic E-state index is 0.362. The second-order valence-electron chi connectivity index (χ2n) is 5.30. The van der Waals surface area contributed by atoms with Gasteiger partial charge in [0.05, 0.1) is 18.2 Å². The SMILES string of the molecule is CC(=O)OC(CO)C(C=O)(OC(C)=O)C(C)c1ccc(C#N)cc1. The average Bonchev–Trinajstić information content (AvgIpc) is 2.56. The summed E-state index contributed by atoms with van der Waals surface area (Å²) in [7, 11) is 0. The van der Waals surface area contributed by atoms with Gasteiger partial charge in [-0.2, -0.15) is 5.26 Å². The standard InChI is InChI=1S/C17H19NO6/c1-11(15-6-4-14(8-18)5-7-15)17(10-20,24-13(3)22)16(9-19)23-12(2)21/h4-7,10-11,16,19H,9H2,1-3H3. The quantitative estimate of drug-likeness (QED) is 0.587. The fourth-order valence-electron chi connectivity index (χ4n) is 2.46. The Morgan fingerprint density at radius 2 is 1.88 bits per heavy atom. The average molecular weight is 333 g/mol. The van der Waals surface area contributed by atoms with Crippen LogP contribution in [0.4, 0.5) is 0 Å². The molecule has 0 saturated carbocycles. The molecular formula is C17H19NO6. The summed E-state index contributed by atoms with van der Waals surface area (Å²) < 4.78 is 10.2. The summed E-state index contributed by atoms with van der Waals surface area (Å²) in [5.41, 5.74) is -0.887. The molecule has 1 N–H and O–H groups in total. The fourth-order valence-corrected chi connectivity index (χ4v) is 2.46. The number of carbonyl (C=O) groups is 3. The Kier molecular flexibility index (Phi) is 6.62. The molecule has 0 spiro atoms. The lowest BCUT2D eigenvalue weighted by Gasteiger charge is -2.38. The highest BCUT2D eigenvalue weighted by Gasteiger charge is 2.49. The summed E-state index contributed by atoms with van der Waals surface area (Å²) in [6.45, 7) is 3.14. The molecule has 3 atom stereocenters. The molecule has 0 amide bonds. The highest BCUT2D eigenvalue weighted by atomic mass is 16.6. The van der Waals surface area contributed by atoms with Crippen LogP contribution in [-0.4, -0.2) is 41.6 Å². The lowest BCUT2D eigenvalue weighted by molar-refractivity contribution is -0.190. The predicted molar refractivity (Wildman–Crippen MR) is 82.8 cm³/mol. The maximum absolute atomic E-state index is 11.9. The largest absolute Gasteiger partial charge is 0.455 e. The Hall–Kier alpha value is -2.72. The van der Waals surface area contributed by atoms with E-state index in [-0.39, 0.29) is 0 Å². The van der Waals surface area contributed by atoms with Crippen LogP contribution in [0.2, 0.25) is 0 Å². The summed E-state index contributed by atoms with van der Waals surface area (Å²) >= 11 is 0. The van der Waals surface area contributed by atoms with Crippen LogP contribution in [0.1, 0.15) is 37.8 Å². The van der Waals surface area contributed by atoms with Gasteiger partial charge in [0.25, 0.3) is 0 Å². The Labute approximate surface area is 139 Å². The zero-order chi connectivity index (χ0) is 18.3. The normalized spacial score (nSPS) is 15.3. The summed E-state index contributed by atoms with van der Waals surface area (Å²) in [4.78, 5) is 34.6. The van der Waals surface area contributed by atoms with Gasteiger partial charge in [-0.05, 0) is 17.7 Å². The van der Waals surface area contributed by atoms with Crippen LogP contribution in [0.15, 0.2) is 24.3 Å². The van der Waals surface area contributed by atoms with E-state index in [1.807, 2.05) is 6.07 Å². The molecule has 1 aromatic carbocycles. The number of hydrogen-bond donors (Lipinski definition) is 1. The molecule has 0 bridgehead atoms. The number of carbonyl (C=O) groups excluding carboxylic acids is 3. The van der Waals surface area contributed by atoms with Crippen molar-refractivity contribution in [3.05, 3.63) is 35.4 Å². The maximum atomic E-state index is 11.9. The Bertz CT molecular complexity index is 648. The number of hydrogen-bond acceptors (Lipinski definition) is 7. The van der Waals surface area contributed by atoms with Crippen molar-refractivity contribution in [3.63, 3.8) is 0 Å². The van der Waals surface area contributed by atoms with Crippen molar-refractivity contribution in [2.24, 2.45) is 0 Å². The number of aldehydes is 1. The summed E-state index contributed by atoms with van der Waals surface area (Å²) in [6, 6.07) is 8.28. The molecule has 7 heteroatoms. The predicted octanol–water partition coefficient (Wildman–Crippen LogP) is 1.09. The third-order valence-corrected chi connectivity index (χ3v) is 3.70. The zero-order valence-corrected chi connectivity index (χ0v) is 13.7. The minimum atomic E-state index is -1.89. The van der Waals surface area contributed by atoms with Gasteiger partial charge in [0.1, 0.15) is 0 Å². The molecule has 0 fully saturated rings. The number of ether oxygens (including phenoxy) is 2. The fraction of sp³-hybridized carbons (Fsp3) is 0.412. The van der Waals surface area contributed by atoms with Gasteiger partial charge in [0.2, 0.25) is 5.60 Å². The number of nitrogens with zero attached hydrogens (tertiary/aromatic N) is 1. The van der Waals surface area contributed by atoms with Crippen LogP contribution < -0.4 is 0 Å². The molecule has 1 aromatic rings. The van der Waals surface area contributed by atoms with E-state index in [4.69, 9.17) is 14.7 Å². The van der Waals surface area contributed by atoms with Crippen LogP contribution in [-0.2, 0) is 23.9 Å². The minimum Gasteiger partial charge on any atom is -0.455 e. The molecule has 128 valence electrons. The molecule has 24 heavy (non-hydrogen) atoms. The first-order chi connectivity index (χ1) is 11.3. The second-order valence-corrected chi connectivity index (χ2v) is 5.30. The van der Waals surface area contributed by atoms with Crippen molar-refractivity contribution in [2.75, 3.05) is 6.61 Å². The third-order valence-electron chi connectivity index (χ3n) is 3.70. The second kappa shape index (κ2) is 8.22. The van der Waals surface area contributed by atoms with E-state index in [9.17, 15) is 19.5 Å². The van der Waals surface area contributed by atoms with E-state index >= 15 is 0 Å². The first kappa shape index (κ1) is 19.3. The van der Waals surface area contributed by atoms with Crippen molar-refractivity contribution < 1.29 is 29.0 Å². The van der Waals surface area contributed by atoms with Crippen LogP contribution in [0, 0.1) is 11.3 Å². The number of aliphatic hydroxyl groups excluding tert-OH is 1. The molecule has 0 heterocycles. The molecule has 0 saturated heterocycles. The molecule has 7 nitrogen and oxygen atoms in total. The highest BCUT2D eigenvalue weighted by molar-refractivity contribution is 5.76. The van der Waals surface area contributed by atoms with Gasteiger partial charge in [-0.3, -0.25) is 14.4 Å². The van der Waals surface area contributed by atoms with Gasteiger partial charge in [-0.1, -0.05) is 19.1 Å². The van der Waals surface area contributed by atoms with Crippen LogP contribution >= 0.6 is 0 Å². The molecule has 0 aromatic heterocycles. The van der Waals surface area contributed by atoms with Crippen molar-refractivity contribution in [2.45, 2.75) is 38.4 Å². The summed E-state index contributed by atoms with van der Waals surface area (Å²) in [5, 5.41) is 18.4. The summed E-state index contributed by atoms with van der Waals surface area (Å²) in [6.07, 6.45) is -0.997. The monoisotopic (exact) mass is 333 g/mol. The van der Waals surface area contributed by atoms with Crippen molar-refractivity contribution in [1.29, 1.82) is 5.26 Å². The molecular weight excluding hydrogens is 314 g/mol. The molecule has 0 aliphatic carbocycles. The van der Waals surface area contributed by atoms with Gasteiger partial charge in [-0.25, -0.2) is 0 Å². The Morgan fingerprint density at radius 3 is 2.25 bits per heavy atom. The van der Waals surface area contributed by atoms with E-state index in [0.717, 1.165) is 13.8 Å². The number of nitriles is 1. The first-order valence-electron chi connectivity index (χ1n) is 7.24. The number of esters is 2. The van der Waals surface area contributed by atoms with E-state index in [2.05, 4.69) is 0 Å². The van der Waals surface area contributed by atoms with E-state index in [1.165, 1.54) is 0 Å². The number of rotatable bonds is 7. The van der Waals surface area contributed by atoms with E-state index in [0.29, 0.717) is 17.4 Å². The van der Waals surface area contributed by atoms with Crippen molar-refractivity contribution in [3.8, 4) is 6.07 Å². The molecule has 3 unspecified atom stereocenters. The van der Waals surface area contributed by atoms with Crippen LogP contribution in [0.5, 0.6) is 0 Å². The number of benzene rings is 1. The van der Waals surface area contributed by atoms with Crippen molar-refractivity contribution in [1.82, 2.24) is 0 Å². The molecule has 1 rings (SSSR count). The van der Waals surface area contributed by atoms with Crippen LogP contribution in [0.3, 0.4) is 0 Å². The van der Waals surface area contributed by atoms with Gasteiger partial charge in [-0.15, -0.1) is 0 Å². The lowest BCUT2D eigenvalue weighted by Crippen LogP contribution is -2.55. The van der Waals surface area contributed by atoms with Gasteiger partial charge in [0.15, 0.2) is 12.4 Å². The van der Waals surface area contributed by atoms with E-state index < -0.39 is 36.2 Å². The molecule has 0 radical (unpaired) electrons. The van der Waals surface area contributed by atoms with E-state index in [1.54, 1.807) is 31.2 Å². The Balaban J connectivity index is 3.37. The molecule has 0 aliphatic heterocycles. The maximum Gasteiger partial charge on any atom is 0.303 e. The summed E-state index contributed by atoms with van der Waals surface area (Å²) in [5.74, 6) is -2.21. The first-order valence-corrected chi connectivity index (χ1v) is 7.24. The topological polar surface area (TPSA) is 114 Å². The highest BCUT2D eigenvalue weighted by Crippen LogP contribution is 2.35. The van der Waals surface area contributed by atoms with Gasteiger partial charge >= 0.3 is 11.9 Å². The molecule has 0 aliphatic rings. The van der Waals surface area contributed by atoms with Crippen molar-refractivity contribution >= 4 is 18.2 Å². The number of aliphatic hydroxyl groups is 1. The smallest absolute Gasteiger partial charge is 0.303 e. The van der Waals surface area contributed by atoms with Gasteiger partial charge < -0.3 is 14.6 Å².